The summed E-state index contributed by atoms with van der Waals surface area (Å²) in [4.78, 5) is 0. The van der Waals surface area contributed by atoms with Crippen LogP contribution in [0, 0.1) is 0 Å². The van der Waals surface area contributed by atoms with E-state index in [1.54, 1.807) is 0 Å². The third-order valence-electron chi connectivity index (χ3n) is 3.56. The molecule has 1 fully saturated rings. The maximum absolute atomic E-state index is 6.15. The molecule has 2 aliphatic rings. The largest absolute Gasteiger partial charge is 0.462 e. The maximum atomic E-state index is 6.15. The van der Waals surface area contributed by atoms with Crippen molar-refractivity contribution in [1.29, 1.82) is 0 Å². The minimum absolute atomic E-state index is 0.252. The Balaban J connectivity index is 1.97. The molecule has 2 heteroatoms. The summed E-state index contributed by atoms with van der Waals surface area (Å²) >= 11 is 0. The van der Waals surface area contributed by atoms with E-state index in [9.17, 15) is 0 Å². The average molecular weight is 218 g/mol. The second-order valence-corrected chi connectivity index (χ2v) is 4.96. The normalized spacial score (nSPS) is 27.2. The number of ether oxygens (including phenoxy) is 2. The first-order valence-electron chi connectivity index (χ1n) is 6.22. The van der Waals surface area contributed by atoms with E-state index < -0.39 is 0 Å². The fraction of sp³-hybridized carbons (Fsp3) is 0.571. The van der Waals surface area contributed by atoms with Crippen molar-refractivity contribution in [2.24, 2.45) is 0 Å². The van der Waals surface area contributed by atoms with Gasteiger partial charge in [0.2, 0.25) is 5.79 Å². The molecule has 1 unspecified atom stereocenters. The highest BCUT2D eigenvalue weighted by Gasteiger charge is 2.40. The van der Waals surface area contributed by atoms with Crippen LogP contribution >= 0.6 is 0 Å². The van der Waals surface area contributed by atoms with Crippen LogP contribution in [0.3, 0.4) is 0 Å². The first kappa shape index (κ1) is 10.2. The van der Waals surface area contributed by atoms with E-state index in [1.807, 2.05) is 6.07 Å². The molecule has 0 N–H and O–H groups in total. The van der Waals surface area contributed by atoms with Gasteiger partial charge in [-0.05, 0) is 31.4 Å². The molecule has 0 aromatic heterocycles. The standard InChI is InChI=1S/C14H18O2/c1-11-10-12-6-2-3-7-13(12)16-14(15-11)8-4-5-9-14/h2-3,6-7,11H,4-5,8-10H2,1H3. The van der Waals surface area contributed by atoms with Crippen molar-refractivity contribution in [2.75, 3.05) is 0 Å². The maximum Gasteiger partial charge on any atom is 0.210 e. The van der Waals surface area contributed by atoms with E-state index in [0.717, 1.165) is 25.0 Å². The molecule has 2 nitrogen and oxygen atoms in total. The van der Waals surface area contributed by atoms with Gasteiger partial charge in [-0.25, -0.2) is 0 Å². The Hall–Kier alpha value is -1.02. The monoisotopic (exact) mass is 218 g/mol. The Labute approximate surface area is 96.6 Å². The summed E-state index contributed by atoms with van der Waals surface area (Å²) in [5.74, 6) is 0.695. The summed E-state index contributed by atoms with van der Waals surface area (Å²) in [6, 6.07) is 8.32. The molecule has 1 aliphatic heterocycles. The zero-order chi connectivity index (χ0) is 11.0. The highest BCUT2D eigenvalue weighted by molar-refractivity contribution is 5.35. The van der Waals surface area contributed by atoms with Crippen LogP contribution in [0.2, 0.25) is 0 Å². The van der Waals surface area contributed by atoms with Gasteiger partial charge in [0, 0.05) is 19.3 Å². The van der Waals surface area contributed by atoms with Crippen LogP contribution in [-0.4, -0.2) is 11.9 Å². The van der Waals surface area contributed by atoms with Gasteiger partial charge in [-0.15, -0.1) is 0 Å². The predicted octanol–water partition coefficient (Wildman–Crippen LogP) is 3.30. The van der Waals surface area contributed by atoms with Gasteiger partial charge in [0.1, 0.15) is 5.75 Å². The number of fused-ring (bicyclic) bond motifs is 1. The van der Waals surface area contributed by atoms with Crippen molar-refractivity contribution < 1.29 is 9.47 Å². The van der Waals surface area contributed by atoms with E-state index in [1.165, 1.54) is 18.4 Å². The van der Waals surface area contributed by atoms with Gasteiger partial charge >= 0.3 is 0 Å². The first-order chi connectivity index (χ1) is 7.77. The van der Waals surface area contributed by atoms with Crippen molar-refractivity contribution in [3.8, 4) is 5.75 Å². The Morgan fingerprint density at radius 3 is 2.75 bits per heavy atom. The number of rotatable bonds is 0. The molecule has 1 spiro atoms. The second-order valence-electron chi connectivity index (χ2n) is 4.96. The van der Waals surface area contributed by atoms with Crippen molar-refractivity contribution in [1.82, 2.24) is 0 Å². The summed E-state index contributed by atoms with van der Waals surface area (Å²) in [7, 11) is 0. The van der Waals surface area contributed by atoms with Crippen LogP contribution in [0.5, 0.6) is 5.75 Å². The molecular weight excluding hydrogens is 200 g/mol. The first-order valence-corrected chi connectivity index (χ1v) is 6.22. The summed E-state index contributed by atoms with van der Waals surface area (Å²) in [6.45, 7) is 2.14. The third kappa shape index (κ3) is 1.71. The third-order valence-corrected chi connectivity index (χ3v) is 3.56. The number of para-hydroxylation sites is 1. The zero-order valence-corrected chi connectivity index (χ0v) is 9.74. The van der Waals surface area contributed by atoms with E-state index in [-0.39, 0.29) is 11.9 Å². The number of hydrogen-bond donors (Lipinski definition) is 0. The van der Waals surface area contributed by atoms with Crippen molar-refractivity contribution in [3.05, 3.63) is 29.8 Å². The smallest absolute Gasteiger partial charge is 0.210 e. The lowest BCUT2D eigenvalue weighted by molar-refractivity contribution is -0.196. The van der Waals surface area contributed by atoms with E-state index >= 15 is 0 Å². The number of benzene rings is 1. The van der Waals surface area contributed by atoms with Crippen molar-refractivity contribution >= 4 is 0 Å². The van der Waals surface area contributed by atoms with Gasteiger partial charge in [-0.3, -0.25) is 0 Å². The lowest BCUT2D eigenvalue weighted by Crippen LogP contribution is -2.37. The van der Waals surface area contributed by atoms with Crippen LogP contribution < -0.4 is 4.74 Å². The fourth-order valence-corrected chi connectivity index (χ4v) is 2.85. The Kier molecular flexibility index (Phi) is 2.40. The van der Waals surface area contributed by atoms with Gasteiger partial charge in [0.25, 0.3) is 0 Å². The molecule has 1 atom stereocenters. The molecule has 0 bridgehead atoms. The summed E-state index contributed by atoms with van der Waals surface area (Å²) in [6.07, 6.45) is 5.71. The lowest BCUT2D eigenvalue weighted by Gasteiger charge is -2.30. The highest BCUT2D eigenvalue weighted by atomic mass is 16.7. The zero-order valence-electron chi connectivity index (χ0n) is 9.74. The average Bonchev–Trinajstić information content (AvgIpc) is 2.62. The van der Waals surface area contributed by atoms with E-state index in [4.69, 9.17) is 9.47 Å². The second kappa shape index (κ2) is 3.77. The molecule has 86 valence electrons. The topological polar surface area (TPSA) is 18.5 Å². The van der Waals surface area contributed by atoms with Gasteiger partial charge in [0.05, 0.1) is 6.10 Å². The number of hydrogen-bond acceptors (Lipinski definition) is 2. The lowest BCUT2D eigenvalue weighted by atomic mass is 10.1. The summed E-state index contributed by atoms with van der Waals surface area (Å²) < 4.78 is 12.3. The quantitative estimate of drug-likeness (QED) is 0.665. The molecule has 0 saturated heterocycles. The van der Waals surface area contributed by atoms with Gasteiger partial charge in [-0.2, -0.15) is 0 Å². The van der Waals surface area contributed by atoms with Gasteiger partial charge < -0.3 is 9.47 Å². The van der Waals surface area contributed by atoms with Crippen LogP contribution in [-0.2, 0) is 11.2 Å². The van der Waals surface area contributed by atoms with E-state index in [2.05, 4.69) is 25.1 Å². The minimum Gasteiger partial charge on any atom is -0.462 e. The highest BCUT2D eigenvalue weighted by Crippen LogP contribution is 2.40. The molecule has 0 radical (unpaired) electrons. The molecular formula is C14H18O2. The van der Waals surface area contributed by atoms with Crippen LogP contribution in [0.1, 0.15) is 38.2 Å². The van der Waals surface area contributed by atoms with Crippen molar-refractivity contribution in [2.45, 2.75) is 50.9 Å². The molecule has 0 amide bonds. The Morgan fingerprint density at radius 1 is 1.19 bits per heavy atom. The van der Waals surface area contributed by atoms with E-state index in [0.29, 0.717) is 0 Å². The molecule has 1 heterocycles. The molecule has 1 aromatic carbocycles. The molecule has 1 aromatic rings. The van der Waals surface area contributed by atoms with Crippen LogP contribution in [0.4, 0.5) is 0 Å². The Morgan fingerprint density at radius 2 is 1.94 bits per heavy atom. The molecule has 16 heavy (non-hydrogen) atoms. The molecule has 3 rings (SSSR count). The van der Waals surface area contributed by atoms with Gasteiger partial charge in [0.15, 0.2) is 0 Å². The minimum atomic E-state index is -0.327. The van der Waals surface area contributed by atoms with Crippen LogP contribution in [0.15, 0.2) is 24.3 Å². The fourth-order valence-electron chi connectivity index (χ4n) is 2.85. The molecule has 1 saturated carbocycles. The SMILES string of the molecule is CC1Cc2ccccc2OC2(CCCC2)O1. The van der Waals surface area contributed by atoms with Crippen molar-refractivity contribution in [3.63, 3.8) is 0 Å². The van der Waals surface area contributed by atoms with Crippen LogP contribution in [0.25, 0.3) is 0 Å². The Bertz CT molecular complexity index is 380. The molecule has 1 aliphatic carbocycles. The summed E-state index contributed by atoms with van der Waals surface area (Å²) in [5, 5.41) is 0. The summed E-state index contributed by atoms with van der Waals surface area (Å²) in [5.41, 5.74) is 1.28. The predicted molar refractivity (Wildman–Crippen MR) is 62.5 cm³/mol. The van der Waals surface area contributed by atoms with Gasteiger partial charge in [-0.1, -0.05) is 18.2 Å².